The Balaban J connectivity index is 1.44. The maximum atomic E-state index is 5.99. The summed E-state index contributed by atoms with van der Waals surface area (Å²) in [5.41, 5.74) is 1.84. The second-order valence-corrected chi connectivity index (χ2v) is 6.79. The van der Waals surface area contributed by atoms with Crippen LogP contribution in [-0.2, 0) is 17.0 Å². The Hall–Kier alpha value is -1.64. The molecule has 1 atom stereocenters. The Morgan fingerprint density at radius 1 is 1.35 bits per heavy atom. The largest absolute Gasteiger partial charge is 0.376 e. The zero-order valence-electron chi connectivity index (χ0n) is 12.3. The van der Waals surface area contributed by atoms with Gasteiger partial charge in [0.2, 0.25) is 5.16 Å². The molecule has 23 heavy (non-hydrogen) atoms. The van der Waals surface area contributed by atoms with Crippen molar-refractivity contribution < 1.29 is 4.74 Å². The Bertz CT molecular complexity index is 813. The van der Waals surface area contributed by atoms with Crippen LogP contribution in [0.2, 0.25) is 5.02 Å². The van der Waals surface area contributed by atoms with E-state index in [0.29, 0.717) is 17.3 Å². The molecule has 3 aromatic heterocycles. The van der Waals surface area contributed by atoms with Gasteiger partial charge in [0, 0.05) is 24.8 Å². The standard InChI is InChI=1S/C14H15ClN6OS/c15-10-3-4-13-16-11(7-20(13)6-10)9-23-14-17-18-19-21(14)8-12-2-1-5-22-12/h3-4,6-7,12H,1-2,5,8-9H2. The Kier molecular flexibility index (Phi) is 4.19. The maximum absolute atomic E-state index is 5.99. The summed E-state index contributed by atoms with van der Waals surface area (Å²) in [7, 11) is 0. The Morgan fingerprint density at radius 3 is 3.17 bits per heavy atom. The third kappa shape index (κ3) is 3.34. The van der Waals surface area contributed by atoms with Gasteiger partial charge < -0.3 is 9.14 Å². The molecule has 1 saturated heterocycles. The van der Waals surface area contributed by atoms with Gasteiger partial charge in [-0.3, -0.25) is 0 Å². The minimum absolute atomic E-state index is 0.218. The van der Waals surface area contributed by atoms with Crippen LogP contribution < -0.4 is 0 Å². The van der Waals surface area contributed by atoms with E-state index in [-0.39, 0.29) is 6.10 Å². The maximum Gasteiger partial charge on any atom is 0.209 e. The van der Waals surface area contributed by atoms with E-state index < -0.39 is 0 Å². The Labute approximate surface area is 142 Å². The van der Waals surface area contributed by atoms with Gasteiger partial charge >= 0.3 is 0 Å². The quantitative estimate of drug-likeness (QED) is 0.658. The summed E-state index contributed by atoms with van der Waals surface area (Å²) in [6.07, 6.45) is 6.22. The molecule has 1 aliphatic rings. The Morgan fingerprint density at radius 2 is 2.30 bits per heavy atom. The molecule has 1 aliphatic heterocycles. The van der Waals surface area contributed by atoms with Crippen LogP contribution >= 0.6 is 23.4 Å². The van der Waals surface area contributed by atoms with Gasteiger partial charge in [0.25, 0.3) is 0 Å². The number of imidazole rings is 1. The average Bonchev–Trinajstić information content (AvgIpc) is 3.26. The van der Waals surface area contributed by atoms with Crippen molar-refractivity contribution in [3.63, 3.8) is 0 Å². The van der Waals surface area contributed by atoms with Crippen LogP contribution in [0, 0.1) is 0 Å². The van der Waals surface area contributed by atoms with Crippen LogP contribution in [0.15, 0.2) is 29.7 Å². The predicted octanol–water partition coefficient (Wildman–Crippen LogP) is 2.45. The lowest BCUT2D eigenvalue weighted by Gasteiger charge is -2.09. The number of nitrogens with zero attached hydrogens (tertiary/aromatic N) is 6. The zero-order chi connectivity index (χ0) is 15.6. The van der Waals surface area contributed by atoms with E-state index >= 15 is 0 Å². The van der Waals surface area contributed by atoms with E-state index in [0.717, 1.165) is 35.9 Å². The van der Waals surface area contributed by atoms with Crippen LogP contribution in [-0.4, -0.2) is 42.3 Å². The summed E-state index contributed by atoms with van der Waals surface area (Å²) in [5, 5.41) is 13.4. The first-order valence-corrected chi connectivity index (χ1v) is 8.78. The summed E-state index contributed by atoms with van der Waals surface area (Å²) in [6.45, 7) is 1.54. The van der Waals surface area contributed by atoms with Crippen molar-refractivity contribution in [2.45, 2.75) is 36.4 Å². The number of hydrogen-bond donors (Lipinski definition) is 0. The fourth-order valence-electron chi connectivity index (χ4n) is 2.62. The summed E-state index contributed by atoms with van der Waals surface area (Å²) in [6, 6.07) is 3.74. The highest BCUT2D eigenvalue weighted by Crippen LogP contribution is 2.22. The number of ether oxygens (including phenoxy) is 1. The van der Waals surface area contributed by atoms with Crippen molar-refractivity contribution in [3.8, 4) is 0 Å². The van der Waals surface area contributed by atoms with Gasteiger partial charge in [-0.25, -0.2) is 9.67 Å². The molecule has 3 aromatic rings. The molecule has 0 N–H and O–H groups in total. The van der Waals surface area contributed by atoms with Gasteiger partial charge in [0.15, 0.2) is 0 Å². The summed E-state index contributed by atoms with van der Waals surface area (Å²) < 4.78 is 9.38. The van der Waals surface area contributed by atoms with E-state index in [2.05, 4.69) is 20.5 Å². The van der Waals surface area contributed by atoms with Gasteiger partial charge in [-0.2, -0.15) is 0 Å². The predicted molar refractivity (Wildman–Crippen MR) is 86.6 cm³/mol. The lowest BCUT2D eigenvalue weighted by molar-refractivity contribution is 0.0912. The average molecular weight is 351 g/mol. The molecule has 1 fully saturated rings. The molecule has 4 rings (SSSR count). The van der Waals surface area contributed by atoms with Crippen LogP contribution in [0.3, 0.4) is 0 Å². The number of hydrogen-bond acceptors (Lipinski definition) is 6. The van der Waals surface area contributed by atoms with Crippen LogP contribution in [0.25, 0.3) is 5.65 Å². The first kappa shape index (κ1) is 14.9. The SMILES string of the molecule is Clc1ccc2nc(CSc3nnnn3CC3CCCO3)cn2c1. The van der Waals surface area contributed by atoms with Gasteiger partial charge in [0.1, 0.15) is 5.65 Å². The van der Waals surface area contributed by atoms with E-state index in [1.54, 1.807) is 11.8 Å². The third-order valence-electron chi connectivity index (χ3n) is 3.71. The van der Waals surface area contributed by atoms with Crippen molar-refractivity contribution in [1.82, 2.24) is 29.6 Å². The molecule has 9 heteroatoms. The van der Waals surface area contributed by atoms with Crippen molar-refractivity contribution in [3.05, 3.63) is 35.2 Å². The number of tetrazole rings is 1. The molecule has 0 aromatic carbocycles. The van der Waals surface area contributed by atoms with Gasteiger partial charge in [-0.15, -0.1) is 5.10 Å². The van der Waals surface area contributed by atoms with Crippen LogP contribution in [0.5, 0.6) is 0 Å². The number of thioether (sulfide) groups is 1. The van der Waals surface area contributed by atoms with Crippen LogP contribution in [0.4, 0.5) is 0 Å². The van der Waals surface area contributed by atoms with Crippen molar-refractivity contribution in [2.75, 3.05) is 6.61 Å². The van der Waals surface area contributed by atoms with Gasteiger partial charge in [-0.05, 0) is 35.4 Å². The monoisotopic (exact) mass is 350 g/mol. The highest BCUT2D eigenvalue weighted by molar-refractivity contribution is 7.98. The molecule has 1 unspecified atom stereocenters. The van der Waals surface area contributed by atoms with Crippen molar-refractivity contribution >= 4 is 29.0 Å². The molecule has 7 nitrogen and oxygen atoms in total. The fraction of sp³-hybridized carbons (Fsp3) is 0.429. The molecular formula is C14H15ClN6OS. The number of aromatic nitrogens is 6. The molecular weight excluding hydrogens is 336 g/mol. The van der Waals surface area contributed by atoms with E-state index in [9.17, 15) is 0 Å². The highest BCUT2D eigenvalue weighted by Gasteiger charge is 2.19. The number of halogens is 1. The van der Waals surface area contributed by atoms with E-state index in [1.807, 2.05) is 33.6 Å². The van der Waals surface area contributed by atoms with Gasteiger partial charge in [0.05, 0.1) is 23.4 Å². The number of fused-ring (bicyclic) bond motifs is 1. The van der Waals surface area contributed by atoms with Gasteiger partial charge in [-0.1, -0.05) is 23.4 Å². The van der Waals surface area contributed by atoms with Crippen LogP contribution in [0.1, 0.15) is 18.5 Å². The molecule has 120 valence electrons. The lowest BCUT2D eigenvalue weighted by atomic mass is 10.2. The van der Waals surface area contributed by atoms with E-state index in [1.165, 1.54) is 0 Å². The number of rotatable bonds is 5. The normalized spacial score (nSPS) is 18.0. The van der Waals surface area contributed by atoms with Crippen molar-refractivity contribution in [2.24, 2.45) is 0 Å². The smallest absolute Gasteiger partial charge is 0.209 e. The molecule has 0 amide bonds. The van der Waals surface area contributed by atoms with E-state index in [4.69, 9.17) is 16.3 Å². The molecule has 0 spiro atoms. The summed E-state index contributed by atoms with van der Waals surface area (Å²) >= 11 is 7.56. The minimum Gasteiger partial charge on any atom is -0.376 e. The summed E-state index contributed by atoms with van der Waals surface area (Å²) in [4.78, 5) is 4.57. The molecule has 0 saturated carbocycles. The lowest BCUT2D eigenvalue weighted by Crippen LogP contribution is -2.16. The topological polar surface area (TPSA) is 70.1 Å². The number of pyridine rings is 1. The molecule has 0 aliphatic carbocycles. The van der Waals surface area contributed by atoms with Crippen molar-refractivity contribution in [1.29, 1.82) is 0 Å². The minimum atomic E-state index is 0.218. The second-order valence-electron chi connectivity index (χ2n) is 5.41. The zero-order valence-corrected chi connectivity index (χ0v) is 13.9. The molecule has 0 bridgehead atoms. The fourth-order valence-corrected chi connectivity index (χ4v) is 3.56. The summed E-state index contributed by atoms with van der Waals surface area (Å²) in [5.74, 6) is 0.700. The first-order chi connectivity index (χ1) is 11.3. The first-order valence-electron chi connectivity index (χ1n) is 7.41. The third-order valence-corrected chi connectivity index (χ3v) is 4.93. The second kappa shape index (κ2) is 6.46. The molecule has 4 heterocycles. The highest BCUT2D eigenvalue weighted by atomic mass is 35.5. The molecule has 0 radical (unpaired) electrons.